The Balaban J connectivity index is 1.44. The van der Waals surface area contributed by atoms with Gasteiger partial charge in [-0.25, -0.2) is 4.68 Å². The summed E-state index contributed by atoms with van der Waals surface area (Å²) >= 11 is 0. The van der Waals surface area contributed by atoms with Crippen molar-refractivity contribution in [2.45, 2.75) is 12.7 Å². The second-order valence-corrected chi connectivity index (χ2v) is 8.41. The van der Waals surface area contributed by atoms with Crippen LogP contribution < -0.4 is 15.0 Å². The molecule has 1 aliphatic rings. The lowest BCUT2D eigenvalue weighted by Crippen LogP contribution is -2.43. The van der Waals surface area contributed by atoms with Crippen molar-refractivity contribution >= 4 is 28.3 Å². The average molecular weight is 462 g/mol. The van der Waals surface area contributed by atoms with Crippen molar-refractivity contribution in [2.24, 2.45) is 0 Å². The maximum atomic E-state index is 13.7. The first kappa shape index (κ1) is 20.9. The molecule has 0 saturated heterocycles. The Morgan fingerprint density at radius 2 is 1.69 bits per heavy atom. The molecular weight excluding hydrogens is 438 g/mol. The van der Waals surface area contributed by atoms with Crippen molar-refractivity contribution in [3.05, 3.63) is 114 Å². The summed E-state index contributed by atoms with van der Waals surface area (Å²) in [7, 11) is 1.66. The van der Waals surface area contributed by atoms with Crippen LogP contribution in [0.3, 0.4) is 0 Å². The molecule has 0 spiro atoms. The fourth-order valence-electron chi connectivity index (χ4n) is 4.63. The van der Waals surface area contributed by atoms with Crippen LogP contribution in [-0.4, -0.2) is 28.0 Å². The number of amides is 1. The van der Waals surface area contributed by atoms with E-state index in [2.05, 4.69) is 21.7 Å². The summed E-state index contributed by atoms with van der Waals surface area (Å²) in [6.45, 7) is 0.486. The van der Waals surface area contributed by atoms with Gasteiger partial charge < -0.3 is 10.1 Å². The summed E-state index contributed by atoms with van der Waals surface area (Å²) in [5.74, 6) is 0.706. The Morgan fingerprint density at radius 3 is 2.54 bits per heavy atom. The molecule has 7 nitrogen and oxygen atoms in total. The fraction of sp³-hybridized carbons (Fsp3) is 0.107. The third-order valence-corrected chi connectivity index (χ3v) is 6.32. The second kappa shape index (κ2) is 8.61. The highest BCUT2D eigenvalue weighted by molar-refractivity contribution is 6.12. The number of anilines is 2. The van der Waals surface area contributed by atoms with Gasteiger partial charge in [0.15, 0.2) is 0 Å². The number of carbonyl (C=O) groups excluding carboxylic acids is 1. The summed E-state index contributed by atoms with van der Waals surface area (Å²) in [5, 5.41) is 12.2. The first-order valence-electron chi connectivity index (χ1n) is 11.4. The van der Waals surface area contributed by atoms with Crippen LogP contribution >= 0.6 is 0 Å². The van der Waals surface area contributed by atoms with Gasteiger partial charge in [-0.3, -0.25) is 9.69 Å². The maximum Gasteiger partial charge on any atom is 0.262 e. The van der Waals surface area contributed by atoms with Crippen LogP contribution in [0, 0.1) is 0 Å². The quantitative estimate of drug-likeness (QED) is 0.387. The smallest absolute Gasteiger partial charge is 0.262 e. The Labute approximate surface area is 202 Å². The van der Waals surface area contributed by atoms with E-state index < -0.39 is 6.17 Å². The van der Waals surface area contributed by atoms with E-state index in [1.165, 1.54) is 0 Å². The molecule has 2 heterocycles. The molecule has 0 fully saturated rings. The number of aromatic nitrogens is 3. The summed E-state index contributed by atoms with van der Waals surface area (Å²) in [6.07, 6.45) is -0.392. The van der Waals surface area contributed by atoms with Crippen LogP contribution in [0.25, 0.3) is 11.0 Å². The number of rotatable bonds is 5. The molecular formula is C28H23N5O2. The molecule has 0 aliphatic carbocycles. The zero-order chi connectivity index (χ0) is 23.8. The van der Waals surface area contributed by atoms with Crippen LogP contribution in [0.15, 0.2) is 97.1 Å². The zero-order valence-electron chi connectivity index (χ0n) is 19.1. The van der Waals surface area contributed by atoms with E-state index in [9.17, 15) is 4.79 Å². The van der Waals surface area contributed by atoms with E-state index in [0.29, 0.717) is 12.1 Å². The number of nitrogens with one attached hydrogen (secondary N) is 1. The Kier molecular flexibility index (Phi) is 5.15. The number of methoxy groups -OCH3 is 1. The molecule has 0 radical (unpaired) electrons. The predicted octanol–water partition coefficient (Wildman–Crippen LogP) is 5.26. The molecule has 1 aromatic heterocycles. The second-order valence-electron chi connectivity index (χ2n) is 8.41. The van der Waals surface area contributed by atoms with E-state index >= 15 is 0 Å². The summed E-state index contributed by atoms with van der Waals surface area (Å²) < 4.78 is 7.54. The van der Waals surface area contributed by atoms with Crippen molar-refractivity contribution in [1.82, 2.24) is 15.0 Å². The number of nitrogens with zero attached hydrogens (tertiary/aromatic N) is 4. The number of ether oxygens (including phenoxy) is 1. The fourth-order valence-corrected chi connectivity index (χ4v) is 4.63. The monoisotopic (exact) mass is 461 g/mol. The lowest BCUT2D eigenvalue weighted by Gasteiger charge is -2.38. The van der Waals surface area contributed by atoms with Crippen LogP contribution in [0.5, 0.6) is 5.75 Å². The lowest BCUT2D eigenvalue weighted by molar-refractivity contribution is 0.0975. The number of hydrogen-bond acceptors (Lipinski definition) is 5. The van der Waals surface area contributed by atoms with Crippen LogP contribution in [0.1, 0.15) is 27.7 Å². The standard InChI is InChI=1S/C28H23N5O2/c1-35-26-16-15-19(17-20(26)18-32-25-14-8-7-13-24(25)30-31-32)27-29-23-12-6-5-11-22(23)28(34)33(27)21-9-3-2-4-10-21/h2-17,27,29H,18H2,1H3/t27-/m0/s1. The largest absolute Gasteiger partial charge is 0.496 e. The van der Waals surface area contributed by atoms with Gasteiger partial charge in [0.2, 0.25) is 0 Å². The maximum absolute atomic E-state index is 13.7. The van der Waals surface area contributed by atoms with E-state index in [1.54, 1.807) is 12.0 Å². The van der Waals surface area contributed by atoms with Crippen molar-refractivity contribution in [3.8, 4) is 5.75 Å². The van der Waals surface area contributed by atoms with Gasteiger partial charge in [-0.2, -0.15) is 0 Å². The molecule has 1 aliphatic heterocycles. The Morgan fingerprint density at radius 1 is 0.914 bits per heavy atom. The molecule has 6 rings (SSSR count). The van der Waals surface area contributed by atoms with Crippen LogP contribution in [0.4, 0.5) is 11.4 Å². The number of fused-ring (bicyclic) bond motifs is 2. The van der Waals surface area contributed by atoms with Crippen molar-refractivity contribution in [1.29, 1.82) is 0 Å². The van der Waals surface area contributed by atoms with Gasteiger partial charge in [0.1, 0.15) is 17.4 Å². The molecule has 1 atom stereocenters. The number of hydrogen-bond donors (Lipinski definition) is 1. The third-order valence-electron chi connectivity index (χ3n) is 6.32. The molecule has 0 bridgehead atoms. The highest BCUT2D eigenvalue weighted by atomic mass is 16.5. The summed E-state index contributed by atoms with van der Waals surface area (Å²) in [4.78, 5) is 15.5. The van der Waals surface area contributed by atoms with E-state index in [-0.39, 0.29) is 5.91 Å². The van der Waals surface area contributed by atoms with Gasteiger partial charge in [0.05, 0.1) is 24.7 Å². The molecule has 0 saturated carbocycles. The van der Waals surface area contributed by atoms with Gasteiger partial charge in [0.25, 0.3) is 5.91 Å². The van der Waals surface area contributed by atoms with E-state index in [0.717, 1.165) is 39.3 Å². The van der Waals surface area contributed by atoms with Crippen LogP contribution in [0.2, 0.25) is 0 Å². The molecule has 4 aromatic carbocycles. The first-order valence-corrected chi connectivity index (χ1v) is 11.4. The van der Waals surface area contributed by atoms with Gasteiger partial charge >= 0.3 is 0 Å². The minimum Gasteiger partial charge on any atom is -0.496 e. The lowest BCUT2D eigenvalue weighted by atomic mass is 10.0. The summed E-state index contributed by atoms with van der Waals surface area (Å²) in [5.41, 5.74) is 5.97. The third kappa shape index (κ3) is 3.67. The zero-order valence-corrected chi connectivity index (χ0v) is 19.1. The average Bonchev–Trinajstić information content (AvgIpc) is 3.32. The Bertz CT molecular complexity index is 1530. The molecule has 1 amide bonds. The Hall–Kier alpha value is -4.65. The van der Waals surface area contributed by atoms with Crippen molar-refractivity contribution in [2.75, 3.05) is 17.3 Å². The van der Waals surface area contributed by atoms with E-state index in [4.69, 9.17) is 4.74 Å². The summed E-state index contributed by atoms with van der Waals surface area (Å²) in [6, 6.07) is 31.2. The predicted molar refractivity (Wildman–Crippen MR) is 136 cm³/mol. The van der Waals surface area contributed by atoms with Crippen molar-refractivity contribution < 1.29 is 9.53 Å². The van der Waals surface area contributed by atoms with E-state index in [1.807, 2.05) is 95.7 Å². The van der Waals surface area contributed by atoms with Gasteiger partial charge in [-0.15, -0.1) is 5.10 Å². The highest BCUT2D eigenvalue weighted by Gasteiger charge is 2.34. The molecule has 35 heavy (non-hydrogen) atoms. The minimum absolute atomic E-state index is 0.0461. The normalized spacial score (nSPS) is 15.1. The highest BCUT2D eigenvalue weighted by Crippen LogP contribution is 2.37. The molecule has 5 aromatic rings. The first-order chi connectivity index (χ1) is 17.2. The SMILES string of the molecule is COc1ccc([C@H]2Nc3ccccc3C(=O)N2c2ccccc2)cc1Cn1nnc2ccccc21. The van der Waals surface area contributed by atoms with Gasteiger partial charge in [-0.05, 0) is 54.1 Å². The molecule has 1 N–H and O–H groups in total. The number of para-hydroxylation sites is 3. The van der Waals surface area contributed by atoms with Crippen molar-refractivity contribution in [3.63, 3.8) is 0 Å². The number of carbonyl (C=O) groups is 1. The number of benzene rings is 4. The van der Waals surface area contributed by atoms with Crippen LogP contribution in [-0.2, 0) is 6.54 Å². The van der Waals surface area contributed by atoms with Gasteiger partial charge in [0, 0.05) is 16.9 Å². The molecule has 7 heteroatoms. The molecule has 172 valence electrons. The topological polar surface area (TPSA) is 72.3 Å². The minimum atomic E-state index is -0.392. The van der Waals surface area contributed by atoms with Gasteiger partial charge in [-0.1, -0.05) is 53.7 Å². The molecule has 0 unspecified atom stereocenters.